The van der Waals surface area contributed by atoms with Crippen LogP contribution in [0.5, 0.6) is 0 Å². The second kappa shape index (κ2) is 8.27. The first-order valence-electron chi connectivity index (χ1n) is 8.39. The number of benzene rings is 1. The van der Waals surface area contributed by atoms with Crippen molar-refractivity contribution in [3.05, 3.63) is 64.6 Å². The molecule has 2 atom stereocenters. The van der Waals surface area contributed by atoms with E-state index in [-0.39, 0.29) is 30.3 Å². The summed E-state index contributed by atoms with van der Waals surface area (Å²) in [6.45, 7) is 15.4. The van der Waals surface area contributed by atoms with Gasteiger partial charge in [0.25, 0.3) is 0 Å². The molecule has 2 unspecified atom stereocenters. The molecular weight excluding hydrogens is 273 g/mol. The van der Waals surface area contributed by atoms with Gasteiger partial charge in [0.15, 0.2) is 0 Å². The van der Waals surface area contributed by atoms with E-state index in [2.05, 4.69) is 71.5 Å². The molecule has 0 N–H and O–H groups in total. The quantitative estimate of drug-likeness (QED) is 0.593. The minimum atomic E-state index is 0. The maximum Gasteiger partial charge on any atom is 1.00 e. The van der Waals surface area contributed by atoms with Gasteiger partial charge in [-0.25, -0.2) is 0 Å². The number of hydrogen-bond acceptors (Lipinski definition) is 0. The molecule has 1 aliphatic carbocycles. The Labute approximate surface area is 154 Å². The Morgan fingerprint density at radius 3 is 2.35 bits per heavy atom. The van der Waals surface area contributed by atoms with Gasteiger partial charge in [-0.3, -0.25) is 0 Å². The van der Waals surface area contributed by atoms with Crippen LogP contribution in [0.15, 0.2) is 53.8 Å². The van der Waals surface area contributed by atoms with Crippen LogP contribution in [0.3, 0.4) is 0 Å². The molecule has 23 heavy (non-hydrogen) atoms. The summed E-state index contributed by atoms with van der Waals surface area (Å²) in [5.74, 6) is 0.596. The van der Waals surface area contributed by atoms with Crippen molar-refractivity contribution < 1.29 is 18.9 Å². The largest absolute Gasteiger partial charge is 1.00 e. The van der Waals surface area contributed by atoms with Crippen LogP contribution in [0.1, 0.15) is 65.5 Å². The van der Waals surface area contributed by atoms with Crippen LogP contribution in [0.25, 0.3) is 5.32 Å². The fourth-order valence-corrected chi connectivity index (χ4v) is 3.19. The zero-order valence-electron chi connectivity index (χ0n) is 15.8. The summed E-state index contributed by atoms with van der Waals surface area (Å²) in [6.07, 6.45) is 3.44. The van der Waals surface area contributed by atoms with Crippen LogP contribution < -0.4 is 18.9 Å². The van der Waals surface area contributed by atoms with E-state index < -0.39 is 0 Å². The predicted molar refractivity (Wildman–Crippen MR) is 96.9 cm³/mol. The Morgan fingerprint density at radius 1 is 1.22 bits per heavy atom. The summed E-state index contributed by atoms with van der Waals surface area (Å²) in [6, 6.07) is 10.9. The van der Waals surface area contributed by atoms with Crippen molar-refractivity contribution in [3.63, 3.8) is 0 Å². The third-order valence-electron chi connectivity index (χ3n) is 4.72. The molecule has 0 radical (unpaired) electrons. The standard InChI is InChI=1S/C21H30N.Li/c1-15(2)18-13-12-16(3)19(14-18)22-20(21(4,5)6)17-10-8-7-9-11-17;/h7-11,18,20H,1,12-14H2,2-6H3;/q-1;+1. The van der Waals surface area contributed by atoms with E-state index in [9.17, 15) is 0 Å². The van der Waals surface area contributed by atoms with Gasteiger partial charge in [0.05, 0.1) is 0 Å². The number of nitrogens with zero attached hydrogens (tertiary/aromatic N) is 1. The van der Waals surface area contributed by atoms with E-state index in [0.29, 0.717) is 5.92 Å². The normalized spacial score (nSPS) is 19.8. The molecule has 1 aromatic rings. The number of rotatable bonds is 4. The van der Waals surface area contributed by atoms with Crippen LogP contribution in [0, 0.1) is 11.3 Å². The summed E-state index contributed by atoms with van der Waals surface area (Å²) in [7, 11) is 0. The molecule has 1 aromatic carbocycles. The van der Waals surface area contributed by atoms with Crippen molar-refractivity contribution in [3.8, 4) is 0 Å². The molecule has 1 aliphatic rings. The van der Waals surface area contributed by atoms with Crippen LogP contribution >= 0.6 is 0 Å². The summed E-state index contributed by atoms with van der Waals surface area (Å²) in [5, 5.41) is 5.23. The average Bonchev–Trinajstić information content (AvgIpc) is 2.45. The summed E-state index contributed by atoms with van der Waals surface area (Å²) in [4.78, 5) is 0. The Balaban J connectivity index is 0.00000264. The third kappa shape index (κ3) is 5.30. The van der Waals surface area contributed by atoms with E-state index in [1.165, 1.54) is 28.8 Å². The van der Waals surface area contributed by atoms with Crippen molar-refractivity contribution in [2.24, 2.45) is 11.3 Å². The third-order valence-corrected chi connectivity index (χ3v) is 4.72. The molecule has 0 bridgehead atoms. The Bertz CT molecular complexity index is 551. The van der Waals surface area contributed by atoms with Gasteiger partial charge < -0.3 is 5.32 Å². The predicted octanol–water partition coefficient (Wildman–Crippen LogP) is 3.80. The number of allylic oxidation sites excluding steroid dienone is 3. The zero-order chi connectivity index (χ0) is 16.3. The Morgan fingerprint density at radius 2 is 1.83 bits per heavy atom. The molecule has 2 rings (SSSR count). The van der Waals surface area contributed by atoms with Crippen LogP contribution in [-0.4, -0.2) is 0 Å². The SMILES string of the molecule is C=C(C)C1CCC(C)=C([N-]C(c2ccccc2)C(C)(C)C)C1.[Li+]. The minimum Gasteiger partial charge on any atom is -0.681 e. The second-order valence-corrected chi connectivity index (χ2v) is 7.82. The molecule has 0 heterocycles. The van der Waals surface area contributed by atoms with Gasteiger partial charge in [0.2, 0.25) is 0 Å². The molecule has 0 amide bonds. The maximum atomic E-state index is 5.23. The summed E-state index contributed by atoms with van der Waals surface area (Å²) >= 11 is 0. The van der Waals surface area contributed by atoms with Crippen molar-refractivity contribution in [1.29, 1.82) is 0 Å². The van der Waals surface area contributed by atoms with E-state index in [0.717, 1.165) is 12.8 Å². The second-order valence-electron chi connectivity index (χ2n) is 7.82. The molecule has 0 spiro atoms. The molecule has 0 fully saturated rings. The van der Waals surface area contributed by atoms with E-state index in [1.54, 1.807) is 0 Å². The summed E-state index contributed by atoms with van der Waals surface area (Å²) in [5.41, 5.74) is 5.50. The maximum absolute atomic E-state index is 5.23. The minimum absolute atomic E-state index is 0. The first-order chi connectivity index (χ1) is 10.3. The monoisotopic (exact) mass is 303 g/mol. The number of hydrogen-bond donors (Lipinski definition) is 0. The average molecular weight is 303 g/mol. The first kappa shape index (κ1) is 20.1. The van der Waals surface area contributed by atoms with Crippen LogP contribution in [0.4, 0.5) is 0 Å². The van der Waals surface area contributed by atoms with Gasteiger partial charge >= 0.3 is 18.9 Å². The zero-order valence-corrected chi connectivity index (χ0v) is 15.8. The molecule has 0 aromatic heterocycles. The van der Waals surface area contributed by atoms with Crippen molar-refractivity contribution in [1.82, 2.24) is 0 Å². The van der Waals surface area contributed by atoms with Gasteiger partial charge in [0.1, 0.15) is 0 Å². The molecule has 2 heteroatoms. The van der Waals surface area contributed by atoms with Crippen LogP contribution in [0.2, 0.25) is 0 Å². The molecule has 120 valence electrons. The van der Waals surface area contributed by atoms with Gasteiger partial charge in [-0.1, -0.05) is 80.4 Å². The Kier molecular flexibility index (Phi) is 7.24. The molecule has 1 nitrogen and oxygen atoms in total. The topological polar surface area (TPSA) is 14.1 Å². The van der Waals surface area contributed by atoms with E-state index >= 15 is 0 Å². The van der Waals surface area contributed by atoms with Gasteiger partial charge in [-0.2, -0.15) is 5.70 Å². The van der Waals surface area contributed by atoms with Crippen molar-refractivity contribution >= 4 is 0 Å². The van der Waals surface area contributed by atoms with Gasteiger partial charge in [-0.15, -0.1) is 0 Å². The smallest absolute Gasteiger partial charge is 0.681 e. The van der Waals surface area contributed by atoms with Gasteiger partial charge in [-0.05, 0) is 44.4 Å². The molecule has 0 saturated carbocycles. The Hall–Kier alpha value is -0.903. The first-order valence-corrected chi connectivity index (χ1v) is 8.39. The van der Waals surface area contributed by atoms with Crippen molar-refractivity contribution in [2.75, 3.05) is 0 Å². The molecule has 0 saturated heterocycles. The summed E-state index contributed by atoms with van der Waals surface area (Å²) < 4.78 is 0. The van der Waals surface area contributed by atoms with Gasteiger partial charge in [0, 0.05) is 0 Å². The van der Waals surface area contributed by atoms with Crippen molar-refractivity contribution in [2.45, 2.75) is 59.9 Å². The van der Waals surface area contributed by atoms with E-state index in [4.69, 9.17) is 5.32 Å². The molecular formula is C21H30LiN. The fourth-order valence-electron chi connectivity index (χ4n) is 3.19. The van der Waals surface area contributed by atoms with E-state index in [1.807, 2.05) is 0 Å². The van der Waals surface area contributed by atoms with Crippen LogP contribution in [-0.2, 0) is 0 Å². The fraction of sp³-hybridized carbons (Fsp3) is 0.524. The molecule has 0 aliphatic heterocycles.